The molecule has 2 aromatic heterocycles. The van der Waals surface area contributed by atoms with Crippen molar-refractivity contribution in [2.75, 3.05) is 0 Å². The zero-order chi connectivity index (χ0) is 21.8. The van der Waals surface area contributed by atoms with E-state index in [4.69, 9.17) is 4.52 Å². The number of fused-ring (bicyclic) bond motifs is 2. The van der Waals surface area contributed by atoms with Crippen LogP contribution in [0.2, 0.25) is 0 Å². The lowest BCUT2D eigenvalue weighted by molar-refractivity contribution is 0.0871. The molecule has 0 bridgehead atoms. The molecule has 0 saturated carbocycles. The normalized spacial score (nSPS) is 19.5. The highest BCUT2D eigenvalue weighted by Crippen LogP contribution is 2.38. The van der Waals surface area contributed by atoms with Gasteiger partial charge in [0.1, 0.15) is 5.76 Å². The Kier molecular flexibility index (Phi) is 4.83. The van der Waals surface area contributed by atoms with Gasteiger partial charge in [0.2, 0.25) is 5.91 Å². The van der Waals surface area contributed by atoms with Gasteiger partial charge >= 0.3 is 0 Å². The molecular formula is C23H29N3O4. The molecule has 2 aromatic rings. The summed E-state index contributed by atoms with van der Waals surface area (Å²) in [5, 5.41) is 8.69. The Hall–Kier alpha value is -2.57. The van der Waals surface area contributed by atoms with Crippen molar-refractivity contribution in [3.63, 3.8) is 0 Å². The molecule has 2 aliphatic rings. The minimum Gasteiger partial charge on any atom is -0.360 e. The van der Waals surface area contributed by atoms with Crippen molar-refractivity contribution in [3.05, 3.63) is 34.0 Å². The highest BCUT2D eigenvalue weighted by atomic mass is 16.5. The van der Waals surface area contributed by atoms with Gasteiger partial charge in [0, 0.05) is 25.7 Å². The Bertz CT molecular complexity index is 1050. The molecule has 0 radical (unpaired) electrons. The lowest BCUT2D eigenvalue weighted by Gasteiger charge is -2.29. The molecule has 0 aliphatic heterocycles. The van der Waals surface area contributed by atoms with E-state index >= 15 is 0 Å². The van der Waals surface area contributed by atoms with Gasteiger partial charge in [-0.1, -0.05) is 39.8 Å². The summed E-state index contributed by atoms with van der Waals surface area (Å²) in [6.07, 6.45) is 3.44. The number of hydrogen-bond donors (Lipinski definition) is 0. The fraction of sp³-hybridized carbons (Fsp3) is 0.609. The summed E-state index contributed by atoms with van der Waals surface area (Å²) in [5.41, 5.74) is 2.82. The molecule has 0 fully saturated rings. The first-order valence-electron chi connectivity index (χ1n) is 10.7. The summed E-state index contributed by atoms with van der Waals surface area (Å²) in [6, 6.07) is 0. The number of carbonyl (C=O) groups is 3. The Labute approximate surface area is 176 Å². The highest BCUT2D eigenvalue weighted by Gasteiger charge is 2.38. The predicted octanol–water partition coefficient (Wildman–Crippen LogP) is 4.02. The SMILES string of the molecule is CCC(=O)n1nc(CCc2noc3c2C(=O)CC(C)(C)C3)c2c1CC(C)(C)CC2=O. The minimum absolute atomic E-state index is 0.0337. The molecule has 0 unspecified atom stereocenters. The quantitative estimate of drug-likeness (QED) is 0.754. The van der Waals surface area contributed by atoms with E-state index in [1.54, 1.807) is 6.92 Å². The Morgan fingerprint density at radius 3 is 2.20 bits per heavy atom. The van der Waals surface area contributed by atoms with E-state index < -0.39 is 0 Å². The van der Waals surface area contributed by atoms with Crippen LogP contribution < -0.4 is 0 Å². The maximum Gasteiger partial charge on any atom is 0.246 e. The first-order chi connectivity index (χ1) is 14.0. The number of aryl methyl sites for hydroxylation is 2. The van der Waals surface area contributed by atoms with E-state index in [2.05, 4.69) is 10.3 Å². The third-order valence-corrected chi connectivity index (χ3v) is 6.15. The zero-order valence-corrected chi connectivity index (χ0v) is 18.4. The minimum atomic E-state index is -0.197. The smallest absolute Gasteiger partial charge is 0.246 e. The molecule has 0 amide bonds. The Balaban J connectivity index is 1.65. The summed E-state index contributed by atoms with van der Waals surface area (Å²) in [4.78, 5) is 38.0. The zero-order valence-electron chi connectivity index (χ0n) is 18.4. The second kappa shape index (κ2) is 7.00. The molecule has 30 heavy (non-hydrogen) atoms. The summed E-state index contributed by atoms with van der Waals surface area (Å²) in [7, 11) is 0. The van der Waals surface area contributed by atoms with Crippen molar-refractivity contribution in [1.82, 2.24) is 14.9 Å². The van der Waals surface area contributed by atoms with Gasteiger partial charge in [-0.15, -0.1) is 0 Å². The van der Waals surface area contributed by atoms with Crippen molar-refractivity contribution in [2.24, 2.45) is 10.8 Å². The maximum absolute atomic E-state index is 12.9. The van der Waals surface area contributed by atoms with Crippen LogP contribution in [0, 0.1) is 10.8 Å². The van der Waals surface area contributed by atoms with Crippen LogP contribution in [0.4, 0.5) is 0 Å². The molecule has 7 nitrogen and oxygen atoms in total. The van der Waals surface area contributed by atoms with E-state index in [0.29, 0.717) is 73.2 Å². The van der Waals surface area contributed by atoms with Crippen LogP contribution >= 0.6 is 0 Å². The molecule has 0 saturated heterocycles. The lowest BCUT2D eigenvalue weighted by atomic mass is 9.75. The van der Waals surface area contributed by atoms with Crippen LogP contribution in [0.1, 0.15) is 102 Å². The van der Waals surface area contributed by atoms with Crippen LogP contribution in [-0.2, 0) is 25.7 Å². The molecule has 2 heterocycles. The average Bonchev–Trinajstić information content (AvgIpc) is 3.18. The van der Waals surface area contributed by atoms with E-state index in [1.165, 1.54) is 4.68 Å². The third-order valence-electron chi connectivity index (χ3n) is 6.15. The number of ketones is 2. The monoisotopic (exact) mass is 411 g/mol. The number of carbonyl (C=O) groups excluding carboxylic acids is 3. The third kappa shape index (κ3) is 3.55. The van der Waals surface area contributed by atoms with Crippen molar-refractivity contribution in [1.29, 1.82) is 0 Å². The predicted molar refractivity (Wildman–Crippen MR) is 110 cm³/mol. The van der Waals surface area contributed by atoms with Gasteiger partial charge in [0.25, 0.3) is 0 Å². The van der Waals surface area contributed by atoms with Crippen molar-refractivity contribution in [3.8, 4) is 0 Å². The first-order valence-corrected chi connectivity index (χ1v) is 10.7. The topological polar surface area (TPSA) is 95.1 Å². The lowest BCUT2D eigenvalue weighted by Crippen LogP contribution is -2.29. The fourth-order valence-corrected chi connectivity index (χ4v) is 4.79. The largest absolute Gasteiger partial charge is 0.360 e. The van der Waals surface area contributed by atoms with E-state index in [9.17, 15) is 14.4 Å². The number of rotatable bonds is 4. The molecular weight excluding hydrogens is 382 g/mol. The standard InChI is InChI=1S/C23H29N3O4/c1-6-19(29)26-15-9-22(2,3)10-16(27)20(15)13(24-26)7-8-14-21-17(28)11-23(4,5)12-18(21)30-25-14/h6-12H2,1-5H3. The fourth-order valence-electron chi connectivity index (χ4n) is 4.79. The second-order valence-electron chi connectivity index (χ2n) is 10.2. The van der Waals surface area contributed by atoms with E-state index in [0.717, 1.165) is 5.69 Å². The molecule has 0 N–H and O–H groups in total. The summed E-state index contributed by atoms with van der Waals surface area (Å²) < 4.78 is 6.91. The van der Waals surface area contributed by atoms with Crippen LogP contribution in [0.5, 0.6) is 0 Å². The molecule has 160 valence electrons. The van der Waals surface area contributed by atoms with Gasteiger partial charge in [0.15, 0.2) is 11.6 Å². The molecule has 2 aliphatic carbocycles. The average molecular weight is 412 g/mol. The van der Waals surface area contributed by atoms with Gasteiger partial charge in [-0.2, -0.15) is 5.10 Å². The number of Topliss-reactive ketones (excluding diaryl/α,β-unsaturated/α-hetero) is 2. The van der Waals surface area contributed by atoms with E-state index in [1.807, 2.05) is 27.7 Å². The van der Waals surface area contributed by atoms with Crippen molar-refractivity contribution < 1.29 is 18.9 Å². The van der Waals surface area contributed by atoms with Gasteiger partial charge in [0.05, 0.1) is 28.2 Å². The van der Waals surface area contributed by atoms with Crippen LogP contribution in [-0.4, -0.2) is 32.4 Å². The maximum atomic E-state index is 12.9. The second-order valence-corrected chi connectivity index (χ2v) is 10.2. The van der Waals surface area contributed by atoms with E-state index in [-0.39, 0.29) is 28.3 Å². The van der Waals surface area contributed by atoms with Gasteiger partial charge in [-0.05, 0) is 30.1 Å². The summed E-state index contributed by atoms with van der Waals surface area (Å²) >= 11 is 0. The number of nitrogens with zero attached hydrogens (tertiary/aromatic N) is 3. The van der Waals surface area contributed by atoms with Crippen molar-refractivity contribution in [2.45, 2.75) is 79.6 Å². The molecule has 7 heteroatoms. The van der Waals surface area contributed by atoms with Crippen LogP contribution in [0.3, 0.4) is 0 Å². The van der Waals surface area contributed by atoms with Gasteiger partial charge in [-0.3, -0.25) is 14.4 Å². The number of hydrogen-bond acceptors (Lipinski definition) is 6. The number of aromatic nitrogens is 3. The van der Waals surface area contributed by atoms with Crippen LogP contribution in [0.25, 0.3) is 0 Å². The molecule has 0 atom stereocenters. The molecule has 4 rings (SSSR count). The van der Waals surface area contributed by atoms with Crippen molar-refractivity contribution >= 4 is 17.5 Å². The Morgan fingerprint density at radius 2 is 1.53 bits per heavy atom. The van der Waals surface area contributed by atoms with Crippen LogP contribution in [0.15, 0.2) is 4.52 Å². The first kappa shape index (κ1) is 20.7. The molecule has 0 aromatic carbocycles. The molecule has 0 spiro atoms. The summed E-state index contributed by atoms with van der Waals surface area (Å²) in [6.45, 7) is 9.96. The van der Waals surface area contributed by atoms with Gasteiger partial charge in [-0.25, -0.2) is 4.68 Å². The van der Waals surface area contributed by atoms with Gasteiger partial charge < -0.3 is 4.52 Å². The highest BCUT2D eigenvalue weighted by molar-refractivity contribution is 6.01. The Morgan fingerprint density at radius 1 is 0.933 bits per heavy atom. The summed E-state index contributed by atoms with van der Waals surface area (Å²) in [5.74, 6) is 0.632.